The molecular formula is C23H27NO3. The molecule has 2 aromatic rings. The van der Waals surface area contributed by atoms with E-state index in [0.717, 1.165) is 19.3 Å². The average Bonchev–Trinajstić information content (AvgIpc) is 3.01. The predicted molar refractivity (Wildman–Crippen MR) is 106 cm³/mol. The molecule has 1 heterocycles. The van der Waals surface area contributed by atoms with Crippen molar-refractivity contribution in [3.63, 3.8) is 0 Å². The second-order valence-corrected chi connectivity index (χ2v) is 8.08. The van der Waals surface area contributed by atoms with Crippen LogP contribution in [0.4, 0.5) is 4.79 Å². The highest BCUT2D eigenvalue weighted by Crippen LogP contribution is 2.44. The van der Waals surface area contributed by atoms with Gasteiger partial charge in [0.25, 0.3) is 0 Å². The van der Waals surface area contributed by atoms with Crippen LogP contribution in [-0.2, 0) is 4.74 Å². The molecule has 0 bridgehead atoms. The number of carbonyl (C=O) groups excluding carboxylic acids is 1. The number of benzene rings is 2. The number of likely N-dealkylation sites (tertiary alicyclic amines) is 1. The van der Waals surface area contributed by atoms with Gasteiger partial charge in [0.1, 0.15) is 6.61 Å². The minimum Gasteiger partial charge on any atom is -0.448 e. The third-order valence-corrected chi connectivity index (χ3v) is 6.28. The van der Waals surface area contributed by atoms with Gasteiger partial charge in [-0.1, -0.05) is 55.5 Å². The maximum absolute atomic E-state index is 12.6. The Hall–Kier alpha value is -2.33. The third-order valence-electron chi connectivity index (χ3n) is 6.28. The molecule has 0 unspecified atom stereocenters. The van der Waals surface area contributed by atoms with Crippen molar-refractivity contribution >= 4 is 6.09 Å². The first kappa shape index (κ1) is 18.1. The Labute approximate surface area is 160 Å². The maximum atomic E-state index is 12.6. The third kappa shape index (κ3) is 3.46. The van der Waals surface area contributed by atoms with Gasteiger partial charge in [0.15, 0.2) is 0 Å². The quantitative estimate of drug-likeness (QED) is 0.872. The Morgan fingerprint density at radius 2 is 1.63 bits per heavy atom. The lowest BCUT2D eigenvalue weighted by molar-refractivity contribution is 0.0601. The van der Waals surface area contributed by atoms with Gasteiger partial charge in [-0.25, -0.2) is 4.79 Å². The van der Waals surface area contributed by atoms with Gasteiger partial charge in [-0.2, -0.15) is 0 Å². The Balaban J connectivity index is 1.42. The Morgan fingerprint density at radius 3 is 2.19 bits per heavy atom. The normalized spacial score (nSPS) is 18.1. The molecule has 0 atom stereocenters. The highest BCUT2D eigenvalue weighted by molar-refractivity contribution is 5.79. The molecule has 1 aliphatic heterocycles. The summed E-state index contributed by atoms with van der Waals surface area (Å²) < 4.78 is 5.74. The fraction of sp³-hybridized carbons (Fsp3) is 0.435. The smallest absolute Gasteiger partial charge is 0.409 e. The molecule has 0 radical (unpaired) electrons. The van der Waals surface area contributed by atoms with Crippen molar-refractivity contribution < 1.29 is 14.6 Å². The van der Waals surface area contributed by atoms with Crippen LogP contribution in [0, 0.1) is 5.41 Å². The first-order valence-electron chi connectivity index (χ1n) is 9.82. The molecule has 2 aromatic carbocycles. The fourth-order valence-corrected chi connectivity index (χ4v) is 4.43. The maximum Gasteiger partial charge on any atom is 0.409 e. The molecule has 1 amide bonds. The van der Waals surface area contributed by atoms with Gasteiger partial charge >= 0.3 is 6.09 Å². The van der Waals surface area contributed by atoms with Gasteiger partial charge in [-0.05, 0) is 46.9 Å². The van der Waals surface area contributed by atoms with Gasteiger partial charge in [0.2, 0.25) is 0 Å². The predicted octanol–water partition coefficient (Wildman–Crippen LogP) is 4.42. The van der Waals surface area contributed by atoms with E-state index in [9.17, 15) is 9.90 Å². The summed E-state index contributed by atoms with van der Waals surface area (Å²) in [5.74, 6) is 0.103. The van der Waals surface area contributed by atoms with Crippen molar-refractivity contribution in [1.82, 2.24) is 4.90 Å². The van der Waals surface area contributed by atoms with Gasteiger partial charge in [-0.3, -0.25) is 0 Å². The summed E-state index contributed by atoms with van der Waals surface area (Å²) in [6, 6.07) is 16.8. The molecule has 142 valence electrons. The number of ether oxygens (including phenoxy) is 1. The highest BCUT2D eigenvalue weighted by atomic mass is 16.6. The molecule has 4 nitrogen and oxygen atoms in total. The van der Waals surface area contributed by atoms with E-state index in [1.165, 1.54) is 22.3 Å². The van der Waals surface area contributed by atoms with E-state index in [1.807, 2.05) is 17.0 Å². The second kappa shape index (κ2) is 7.35. The summed E-state index contributed by atoms with van der Waals surface area (Å²) in [6.45, 7) is 4.18. The zero-order chi connectivity index (χ0) is 18.9. The van der Waals surface area contributed by atoms with E-state index >= 15 is 0 Å². The lowest BCUT2D eigenvalue weighted by Gasteiger charge is -2.38. The second-order valence-electron chi connectivity index (χ2n) is 8.08. The Bertz CT molecular complexity index is 778. The topological polar surface area (TPSA) is 49.8 Å². The van der Waals surface area contributed by atoms with E-state index < -0.39 is 0 Å². The van der Waals surface area contributed by atoms with Crippen molar-refractivity contribution in [3.8, 4) is 11.1 Å². The summed E-state index contributed by atoms with van der Waals surface area (Å²) in [6.07, 6.45) is 2.41. The standard InChI is InChI=1S/C23H27NO3/c1-23(12-15-25)10-13-24(14-11-23)22(26)27-16-21-19-8-4-2-6-17(19)18-7-3-5-9-20(18)21/h2-9,21,25H,10-16H2,1H3. The zero-order valence-electron chi connectivity index (χ0n) is 15.9. The van der Waals surface area contributed by atoms with Crippen molar-refractivity contribution in [2.75, 3.05) is 26.3 Å². The first-order chi connectivity index (χ1) is 13.1. The molecule has 0 saturated carbocycles. The van der Waals surface area contributed by atoms with E-state index in [4.69, 9.17) is 4.74 Å². The van der Waals surface area contributed by atoms with Crippen LogP contribution in [0.25, 0.3) is 11.1 Å². The van der Waals surface area contributed by atoms with Crippen molar-refractivity contribution in [1.29, 1.82) is 0 Å². The number of carbonyl (C=O) groups is 1. The molecule has 27 heavy (non-hydrogen) atoms. The van der Waals surface area contributed by atoms with E-state index in [0.29, 0.717) is 19.7 Å². The van der Waals surface area contributed by atoms with Crippen LogP contribution in [-0.4, -0.2) is 42.4 Å². The summed E-state index contributed by atoms with van der Waals surface area (Å²) in [5.41, 5.74) is 5.09. The molecule has 1 aliphatic carbocycles. The number of fused-ring (bicyclic) bond motifs is 3. The molecule has 4 heteroatoms. The van der Waals surface area contributed by atoms with Crippen molar-refractivity contribution in [2.45, 2.75) is 32.1 Å². The Kier molecular flexibility index (Phi) is 4.92. The number of rotatable bonds is 4. The van der Waals surface area contributed by atoms with E-state index in [-0.39, 0.29) is 24.0 Å². The van der Waals surface area contributed by atoms with Crippen LogP contribution in [0.3, 0.4) is 0 Å². The molecule has 2 aliphatic rings. The lowest BCUT2D eigenvalue weighted by atomic mass is 9.78. The largest absolute Gasteiger partial charge is 0.448 e. The molecule has 0 aromatic heterocycles. The average molecular weight is 365 g/mol. The molecular weight excluding hydrogens is 338 g/mol. The highest BCUT2D eigenvalue weighted by Gasteiger charge is 2.33. The fourth-order valence-electron chi connectivity index (χ4n) is 4.43. The minimum atomic E-state index is -0.220. The molecule has 4 rings (SSSR count). The van der Waals surface area contributed by atoms with Crippen LogP contribution in [0.2, 0.25) is 0 Å². The molecule has 1 saturated heterocycles. The van der Waals surface area contributed by atoms with Gasteiger partial charge in [-0.15, -0.1) is 0 Å². The van der Waals surface area contributed by atoms with Gasteiger partial charge in [0.05, 0.1) is 0 Å². The number of piperidine rings is 1. The summed E-state index contributed by atoms with van der Waals surface area (Å²) in [7, 11) is 0. The summed E-state index contributed by atoms with van der Waals surface area (Å²) in [5, 5.41) is 9.22. The van der Waals surface area contributed by atoms with Gasteiger partial charge in [0, 0.05) is 25.6 Å². The van der Waals surface area contributed by atoms with Crippen LogP contribution in [0.1, 0.15) is 43.2 Å². The number of amides is 1. The van der Waals surface area contributed by atoms with Crippen LogP contribution in [0.5, 0.6) is 0 Å². The van der Waals surface area contributed by atoms with Crippen molar-refractivity contribution in [2.24, 2.45) is 5.41 Å². The Morgan fingerprint density at radius 1 is 1.07 bits per heavy atom. The number of hydrogen-bond acceptors (Lipinski definition) is 3. The molecule has 0 spiro atoms. The van der Waals surface area contributed by atoms with E-state index in [2.05, 4.69) is 43.3 Å². The first-order valence-corrected chi connectivity index (χ1v) is 9.82. The SMILES string of the molecule is CC1(CCO)CCN(C(=O)OCC2c3ccccc3-c3ccccc32)CC1. The zero-order valence-corrected chi connectivity index (χ0v) is 15.9. The molecule has 1 fully saturated rings. The number of hydrogen-bond donors (Lipinski definition) is 1. The van der Waals surface area contributed by atoms with E-state index in [1.54, 1.807) is 0 Å². The number of aliphatic hydroxyl groups excluding tert-OH is 1. The summed E-state index contributed by atoms with van der Waals surface area (Å²) >= 11 is 0. The minimum absolute atomic E-state index is 0.103. The number of nitrogens with zero attached hydrogens (tertiary/aromatic N) is 1. The van der Waals surface area contributed by atoms with Crippen LogP contribution in [0.15, 0.2) is 48.5 Å². The van der Waals surface area contributed by atoms with Crippen molar-refractivity contribution in [3.05, 3.63) is 59.7 Å². The lowest BCUT2D eigenvalue weighted by Crippen LogP contribution is -2.43. The van der Waals surface area contributed by atoms with Gasteiger partial charge < -0.3 is 14.7 Å². The monoisotopic (exact) mass is 365 g/mol. The molecule has 1 N–H and O–H groups in total. The van der Waals surface area contributed by atoms with Crippen LogP contribution >= 0.6 is 0 Å². The summed E-state index contributed by atoms with van der Waals surface area (Å²) in [4.78, 5) is 14.4. The number of aliphatic hydroxyl groups is 1. The van der Waals surface area contributed by atoms with Crippen LogP contribution < -0.4 is 0 Å².